The number of rotatable bonds is 10. The molecule has 0 radical (unpaired) electrons. The number of nitro benzene ring substituents is 1. The molecule has 45 heavy (non-hydrogen) atoms. The fraction of sp³-hybridized carbons (Fsp3) is 0.303. The van der Waals surface area contributed by atoms with Crippen molar-refractivity contribution >= 4 is 28.2 Å². The van der Waals surface area contributed by atoms with Gasteiger partial charge in [0.25, 0.3) is 17.2 Å². The normalized spacial score (nSPS) is 13.8. The fourth-order valence-corrected chi connectivity index (χ4v) is 5.34. The summed E-state index contributed by atoms with van der Waals surface area (Å²) in [5.41, 5.74) is 2.84. The molecule has 232 valence electrons. The van der Waals surface area contributed by atoms with Crippen LogP contribution in [-0.4, -0.2) is 70.4 Å². The lowest BCUT2D eigenvalue weighted by Gasteiger charge is -2.31. The summed E-state index contributed by atoms with van der Waals surface area (Å²) in [7, 11) is 2.09. The van der Waals surface area contributed by atoms with E-state index < -0.39 is 16.6 Å². The Labute approximate surface area is 259 Å². The Morgan fingerprint density at radius 2 is 1.96 bits per heavy atom. The predicted molar refractivity (Wildman–Crippen MR) is 170 cm³/mol. The first-order valence-corrected chi connectivity index (χ1v) is 14.5. The van der Waals surface area contributed by atoms with Crippen molar-refractivity contribution in [3.8, 4) is 12.3 Å². The highest BCUT2D eigenvalue weighted by Gasteiger charge is 2.18. The summed E-state index contributed by atoms with van der Waals surface area (Å²) in [6.07, 6.45) is 5.65. The van der Waals surface area contributed by atoms with Crippen LogP contribution in [0.25, 0.3) is 10.9 Å². The van der Waals surface area contributed by atoms with Crippen molar-refractivity contribution in [1.29, 1.82) is 0 Å². The number of terminal acetylenes is 1. The van der Waals surface area contributed by atoms with E-state index in [0.717, 1.165) is 37.3 Å². The highest BCUT2D eigenvalue weighted by Crippen LogP contribution is 2.24. The Kier molecular flexibility index (Phi) is 9.51. The highest BCUT2D eigenvalue weighted by molar-refractivity contribution is 5.94. The number of hydrogen-bond acceptors (Lipinski definition) is 8. The maximum atomic E-state index is 15.2. The molecule has 2 N–H and O–H groups in total. The summed E-state index contributed by atoms with van der Waals surface area (Å²) >= 11 is 0. The number of hydrogen-bond donors (Lipinski definition) is 2. The molecule has 5 rings (SSSR count). The molecule has 3 aromatic carbocycles. The number of non-ortho nitro benzene ring substituents is 1. The average molecular weight is 612 g/mol. The number of aryl methyl sites for hydroxylation is 1. The molecule has 1 aliphatic heterocycles. The van der Waals surface area contributed by atoms with Crippen LogP contribution >= 0.6 is 0 Å². The molecule has 1 saturated heterocycles. The first-order valence-electron chi connectivity index (χ1n) is 14.5. The van der Waals surface area contributed by atoms with Gasteiger partial charge in [-0.15, -0.1) is 6.42 Å². The van der Waals surface area contributed by atoms with Gasteiger partial charge in [-0.3, -0.25) is 24.6 Å². The van der Waals surface area contributed by atoms with Crippen molar-refractivity contribution < 1.29 is 14.1 Å². The third-order valence-corrected chi connectivity index (χ3v) is 7.96. The van der Waals surface area contributed by atoms with Gasteiger partial charge >= 0.3 is 0 Å². The maximum absolute atomic E-state index is 15.2. The van der Waals surface area contributed by atoms with Crippen LogP contribution in [0, 0.1) is 35.2 Å². The number of amides is 1. The number of nitrogens with one attached hydrogen (secondary N) is 2. The Morgan fingerprint density at radius 3 is 2.67 bits per heavy atom. The molecule has 0 saturated carbocycles. The molecule has 0 aliphatic carbocycles. The third kappa shape index (κ3) is 7.52. The van der Waals surface area contributed by atoms with Gasteiger partial charge < -0.3 is 20.1 Å². The van der Waals surface area contributed by atoms with Crippen molar-refractivity contribution in [2.45, 2.75) is 26.6 Å². The van der Waals surface area contributed by atoms with Gasteiger partial charge in [0.2, 0.25) is 0 Å². The molecule has 0 spiro atoms. The lowest BCUT2D eigenvalue weighted by atomic mass is 10.0. The largest absolute Gasteiger partial charge is 0.356 e. The number of nitro groups is 1. The Hall–Kier alpha value is -5.12. The zero-order chi connectivity index (χ0) is 32.1. The molecule has 1 aliphatic rings. The van der Waals surface area contributed by atoms with Gasteiger partial charge in [-0.05, 0) is 61.0 Å². The molecule has 0 unspecified atom stereocenters. The number of piperazine rings is 1. The number of carbonyl (C=O) groups is 1. The smallest absolute Gasteiger partial charge is 0.269 e. The summed E-state index contributed by atoms with van der Waals surface area (Å²) < 4.78 is 15.2. The van der Waals surface area contributed by atoms with Crippen molar-refractivity contribution in [3.63, 3.8) is 0 Å². The van der Waals surface area contributed by atoms with Crippen LogP contribution in [0.1, 0.15) is 32.9 Å². The number of halogens is 1. The van der Waals surface area contributed by atoms with E-state index in [-0.39, 0.29) is 29.9 Å². The molecule has 0 bridgehead atoms. The van der Waals surface area contributed by atoms with E-state index in [1.54, 1.807) is 23.1 Å². The summed E-state index contributed by atoms with van der Waals surface area (Å²) in [6, 6.07) is 13.8. The van der Waals surface area contributed by atoms with Gasteiger partial charge in [0.15, 0.2) is 0 Å². The van der Waals surface area contributed by atoms with Gasteiger partial charge in [-0.2, -0.15) is 0 Å². The highest BCUT2D eigenvalue weighted by atomic mass is 19.1. The molecule has 12 heteroatoms. The van der Waals surface area contributed by atoms with E-state index in [1.165, 1.54) is 30.3 Å². The Bertz CT molecular complexity index is 1840. The lowest BCUT2D eigenvalue weighted by Crippen LogP contribution is -2.44. The van der Waals surface area contributed by atoms with Crippen LogP contribution in [0.5, 0.6) is 0 Å². The average Bonchev–Trinajstić information content (AvgIpc) is 3.01. The molecule has 0 atom stereocenters. The summed E-state index contributed by atoms with van der Waals surface area (Å²) in [5, 5.41) is 14.1. The van der Waals surface area contributed by atoms with E-state index in [1.807, 2.05) is 13.0 Å². The van der Waals surface area contributed by atoms with Gasteiger partial charge in [0, 0.05) is 57.1 Å². The minimum Gasteiger partial charge on any atom is -0.356 e. The number of likely N-dealkylation sites (N-methyl/N-ethyl adjacent to an activating group) is 1. The number of fused-ring (bicyclic) bond motifs is 1. The van der Waals surface area contributed by atoms with Crippen molar-refractivity contribution in [3.05, 3.63) is 109 Å². The standard InChI is InChI=1S/C33H34FN7O4/c1-4-10-40(25-8-9-27(29(34)18-25)32(42)35-19-23-6-5-7-26(16-23)41(44)45)20-24-17-28-30(15-22(24)2)36-31(37-33(28)43)21-39-13-11-38(3)12-14-39/h1,5-9,15-18H,10-14,19-21H2,2-3H3,(H,35,42)(H,36,37,43). The SMILES string of the molecule is C#CCN(Cc1cc2c(=O)[nH]c(CN3CCN(C)CC3)nc2cc1C)c1ccc(C(=O)NCc2cccc([N+](=O)[O-])c2)c(F)c1. The zero-order valence-corrected chi connectivity index (χ0v) is 25.2. The quantitative estimate of drug-likeness (QED) is 0.158. The number of aromatic nitrogens is 2. The number of aromatic amines is 1. The van der Waals surface area contributed by atoms with Crippen LogP contribution in [0.2, 0.25) is 0 Å². The second-order valence-electron chi connectivity index (χ2n) is 11.2. The number of H-pyrrole nitrogens is 1. The van der Waals surface area contributed by atoms with E-state index in [9.17, 15) is 19.7 Å². The second kappa shape index (κ2) is 13.7. The molecule has 1 amide bonds. The van der Waals surface area contributed by atoms with E-state index >= 15 is 4.39 Å². The molecule has 1 fully saturated rings. The van der Waals surface area contributed by atoms with E-state index in [4.69, 9.17) is 11.4 Å². The summed E-state index contributed by atoms with van der Waals surface area (Å²) in [6.45, 7) is 6.72. The topological polar surface area (TPSA) is 128 Å². The van der Waals surface area contributed by atoms with Crippen molar-refractivity contribution in [1.82, 2.24) is 25.1 Å². The number of carbonyl (C=O) groups excluding carboxylic acids is 1. The summed E-state index contributed by atoms with van der Waals surface area (Å²) in [5.74, 6) is 1.83. The lowest BCUT2D eigenvalue weighted by molar-refractivity contribution is -0.384. The second-order valence-corrected chi connectivity index (χ2v) is 11.2. The maximum Gasteiger partial charge on any atom is 0.269 e. The predicted octanol–water partition coefficient (Wildman–Crippen LogP) is 3.60. The van der Waals surface area contributed by atoms with Gasteiger partial charge in [-0.25, -0.2) is 9.37 Å². The monoisotopic (exact) mass is 611 g/mol. The number of benzene rings is 3. The van der Waals surface area contributed by atoms with Crippen molar-refractivity contribution in [2.24, 2.45) is 0 Å². The molecular formula is C33H34FN7O4. The first kappa shape index (κ1) is 31.3. The van der Waals surface area contributed by atoms with Crippen LogP contribution in [-0.2, 0) is 19.6 Å². The molecule has 4 aromatic rings. The van der Waals surface area contributed by atoms with Gasteiger partial charge in [0.05, 0.1) is 34.5 Å². The third-order valence-electron chi connectivity index (χ3n) is 7.96. The van der Waals surface area contributed by atoms with Crippen LogP contribution in [0.4, 0.5) is 15.8 Å². The molecule has 1 aromatic heterocycles. The van der Waals surface area contributed by atoms with Gasteiger partial charge in [-0.1, -0.05) is 18.1 Å². The van der Waals surface area contributed by atoms with E-state index in [0.29, 0.717) is 41.1 Å². The Balaban J connectivity index is 1.31. The van der Waals surface area contributed by atoms with Crippen molar-refractivity contribution in [2.75, 3.05) is 44.7 Å². The molecule has 11 nitrogen and oxygen atoms in total. The number of anilines is 1. The van der Waals surface area contributed by atoms with Crippen LogP contribution in [0.15, 0.2) is 59.4 Å². The molecular weight excluding hydrogens is 577 g/mol. The van der Waals surface area contributed by atoms with Gasteiger partial charge in [0.1, 0.15) is 11.6 Å². The van der Waals surface area contributed by atoms with E-state index in [2.05, 4.69) is 33.1 Å². The Morgan fingerprint density at radius 1 is 1.18 bits per heavy atom. The fourth-order valence-electron chi connectivity index (χ4n) is 5.34. The minimum absolute atomic E-state index is 0.00248. The number of nitrogens with zero attached hydrogens (tertiary/aromatic N) is 5. The van der Waals surface area contributed by atoms with Crippen LogP contribution in [0.3, 0.4) is 0 Å². The zero-order valence-electron chi connectivity index (χ0n) is 25.2. The molecule has 2 heterocycles. The minimum atomic E-state index is -0.741. The first-order chi connectivity index (χ1) is 21.6. The van der Waals surface area contributed by atoms with Crippen LogP contribution < -0.4 is 15.8 Å². The summed E-state index contributed by atoms with van der Waals surface area (Å²) in [4.78, 5) is 50.3.